The molecule has 0 aliphatic carbocycles. The lowest BCUT2D eigenvalue weighted by Crippen LogP contribution is -2.37. The number of nitrogens with one attached hydrogen (secondary N) is 2. The molecule has 2 saturated heterocycles. The molecule has 11 nitrogen and oxygen atoms in total. The van der Waals surface area contributed by atoms with E-state index in [-0.39, 0.29) is 30.2 Å². The molecule has 4 heterocycles. The first-order valence-electron chi connectivity index (χ1n) is 12.2. The lowest BCUT2D eigenvalue weighted by molar-refractivity contribution is 0.102. The molecule has 5 rings (SSSR count). The number of ether oxygens (including phenoxy) is 3. The Hall–Kier alpha value is -3.86. The smallest absolute Gasteiger partial charge is 0.410 e. The third-order valence-corrected chi connectivity index (χ3v) is 6.40. The van der Waals surface area contributed by atoms with Crippen molar-refractivity contribution >= 4 is 34.5 Å². The predicted octanol–water partition coefficient (Wildman–Crippen LogP) is 2.75. The molecule has 190 valence electrons. The molecule has 2 aliphatic rings. The van der Waals surface area contributed by atoms with E-state index in [1.54, 1.807) is 4.90 Å². The van der Waals surface area contributed by atoms with Crippen LogP contribution in [-0.2, 0) is 15.9 Å². The van der Waals surface area contributed by atoms with Crippen molar-refractivity contribution in [2.24, 2.45) is 0 Å². The highest BCUT2D eigenvalue weighted by Crippen LogP contribution is 2.26. The monoisotopic (exact) mass is 494 g/mol. The molecule has 2 amide bonds. The first-order valence-corrected chi connectivity index (χ1v) is 12.2. The molecule has 2 N–H and O–H groups in total. The number of hydrogen-bond acceptors (Lipinski definition) is 8. The van der Waals surface area contributed by atoms with Crippen molar-refractivity contribution in [3.8, 4) is 5.88 Å². The van der Waals surface area contributed by atoms with E-state index in [4.69, 9.17) is 14.2 Å². The predicted molar refractivity (Wildman–Crippen MR) is 134 cm³/mol. The minimum absolute atomic E-state index is 0.197. The highest BCUT2D eigenvalue weighted by Gasteiger charge is 2.23. The minimum Gasteiger partial charge on any atom is -0.476 e. The molecule has 36 heavy (non-hydrogen) atoms. The number of H-pyrrole nitrogens is 1. The maximum absolute atomic E-state index is 13.2. The number of cyclic esters (lactones) is 1. The summed E-state index contributed by atoms with van der Waals surface area (Å²) in [5.41, 5.74) is 4.28. The summed E-state index contributed by atoms with van der Waals surface area (Å²) >= 11 is 0. The SMILES string of the molecule is CCc1c(C)[nH]c2ccc(NC(=O)c3cc(OCCN4CCOC4=O)nc(N4CCOCC4)n3)cc12. The van der Waals surface area contributed by atoms with Crippen LogP contribution >= 0.6 is 0 Å². The van der Waals surface area contributed by atoms with Gasteiger partial charge < -0.3 is 34.3 Å². The maximum atomic E-state index is 13.2. The average Bonchev–Trinajstić information content (AvgIpc) is 3.45. The van der Waals surface area contributed by atoms with Crippen LogP contribution in [0.15, 0.2) is 24.3 Å². The molecular formula is C25H30N6O5. The van der Waals surface area contributed by atoms with E-state index in [0.29, 0.717) is 57.6 Å². The Kier molecular flexibility index (Phi) is 6.90. The van der Waals surface area contributed by atoms with Gasteiger partial charge in [-0.25, -0.2) is 9.78 Å². The number of aromatic nitrogens is 3. The number of carbonyl (C=O) groups excluding carboxylic acids is 2. The van der Waals surface area contributed by atoms with Crippen molar-refractivity contribution in [1.82, 2.24) is 19.9 Å². The molecule has 0 unspecified atom stereocenters. The van der Waals surface area contributed by atoms with E-state index in [0.717, 1.165) is 23.0 Å². The molecule has 0 atom stereocenters. The summed E-state index contributed by atoms with van der Waals surface area (Å²) in [4.78, 5) is 40.9. The van der Waals surface area contributed by atoms with Crippen LogP contribution in [0.5, 0.6) is 5.88 Å². The Morgan fingerprint density at radius 2 is 2.00 bits per heavy atom. The average molecular weight is 495 g/mol. The van der Waals surface area contributed by atoms with Gasteiger partial charge in [0.05, 0.1) is 26.3 Å². The molecule has 2 aliphatic heterocycles. The summed E-state index contributed by atoms with van der Waals surface area (Å²) in [5, 5.41) is 4.06. The summed E-state index contributed by atoms with van der Waals surface area (Å²) in [7, 11) is 0. The van der Waals surface area contributed by atoms with Gasteiger partial charge in [0.1, 0.15) is 18.9 Å². The van der Waals surface area contributed by atoms with Gasteiger partial charge in [-0.15, -0.1) is 0 Å². The van der Waals surface area contributed by atoms with Gasteiger partial charge in [0.2, 0.25) is 11.8 Å². The van der Waals surface area contributed by atoms with E-state index in [1.807, 2.05) is 23.1 Å². The number of anilines is 2. The van der Waals surface area contributed by atoms with Crippen LogP contribution in [0.1, 0.15) is 28.7 Å². The fourth-order valence-electron chi connectivity index (χ4n) is 4.51. The lowest BCUT2D eigenvalue weighted by Gasteiger charge is -2.27. The summed E-state index contributed by atoms with van der Waals surface area (Å²) in [5.74, 6) is 0.324. The second kappa shape index (κ2) is 10.4. The molecule has 0 radical (unpaired) electrons. The topological polar surface area (TPSA) is 122 Å². The second-order valence-corrected chi connectivity index (χ2v) is 8.74. The van der Waals surface area contributed by atoms with Crippen LogP contribution in [0.3, 0.4) is 0 Å². The van der Waals surface area contributed by atoms with Crippen LogP contribution in [0.2, 0.25) is 0 Å². The van der Waals surface area contributed by atoms with Gasteiger partial charge in [-0.3, -0.25) is 4.79 Å². The van der Waals surface area contributed by atoms with Crippen molar-refractivity contribution in [3.05, 3.63) is 41.2 Å². The van der Waals surface area contributed by atoms with E-state index in [9.17, 15) is 9.59 Å². The molecular weight excluding hydrogens is 464 g/mol. The standard InChI is InChI=1S/C25H30N6O5/c1-3-18-16(2)26-20-5-4-17(14-19(18)20)27-23(32)21-15-22(35-12-8-31-9-13-36-25(31)33)29-24(28-21)30-6-10-34-11-7-30/h4-5,14-15,26H,3,6-13H2,1-2H3,(H,27,32). The number of aryl methyl sites for hydroxylation is 2. The Bertz CT molecular complexity index is 1270. The summed E-state index contributed by atoms with van der Waals surface area (Å²) < 4.78 is 16.2. The number of carbonyl (C=O) groups is 2. The third-order valence-electron chi connectivity index (χ3n) is 6.40. The zero-order chi connectivity index (χ0) is 25.1. The third kappa shape index (κ3) is 5.06. The largest absolute Gasteiger partial charge is 0.476 e. The highest BCUT2D eigenvalue weighted by atomic mass is 16.6. The molecule has 1 aromatic carbocycles. The van der Waals surface area contributed by atoms with E-state index < -0.39 is 0 Å². The number of aromatic amines is 1. The van der Waals surface area contributed by atoms with E-state index >= 15 is 0 Å². The van der Waals surface area contributed by atoms with E-state index in [2.05, 4.69) is 34.1 Å². The summed E-state index contributed by atoms with van der Waals surface area (Å²) in [6.07, 6.45) is 0.546. The number of fused-ring (bicyclic) bond motifs is 1. The Morgan fingerprint density at radius 1 is 1.17 bits per heavy atom. The van der Waals surface area contributed by atoms with Gasteiger partial charge in [-0.1, -0.05) is 6.92 Å². The van der Waals surface area contributed by atoms with Gasteiger partial charge >= 0.3 is 6.09 Å². The molecule has 2 fully saturated rings. The van der Waals surface area contributed by atoms with E-state index in [1.165, 1.54) is 11.6 Å². The zero-order valence-electron chi connectivity index (χ0n) is 20.5. The van der Waals surface area contributed by atoms with Crippen molar-refractivity contribution in [2.75, 3.05) is 62.8 Å². The fraction of sp³-hybridized carbons (Fsp3) is 0.440. The molecule has 0 bridgehead atoms. The number of nitrogens with zero attached hydrogens (tertiary/aromatic N) is 4. The van der Waals surface area contributed by atoms with Crippen LogP contribution in [0.4, 0.5) is 16.4 Å². The number of rotatable bonds is 8. The second-order valence-electron chi connectivity index (χ2n) is 8.74. The highest BCUT2D eigenvalue weighted by molar-refractivity contribution is 6.04. The van der Waals surface area contributed by atoms with Crippen molar-refractivity contribution in [1.29, 1.82) is 0 Å². The van der Waals surface area contributed by atoms with Crippen molar-refractivity contribution in [2.45, 2.75) is 20.3 Å². The summed E-state index contributed by atoms with van der Waals surface area (Å²) in [6, 6.07) is 7.34. The van der Waals surface area contributed by atoms with Gasteiger partial charge in [-0.2, -0.15) is 4.98 Å². The molecule has 3 aromatic rings. The molecule has 0 spiro atoms. The van der Waals surface area contributed by atoms with Crippen LogP contribution in [-0.4, -0.2) is 84.5 Å². The number of morpholine rings is 1. The fourth-order valence-corrected chi connectivity index (χ4v) is 4.51. The maximum Gasteiger partial charge on any atom is 0.410 e. The normalized spacial score (nSPS) is 15.9. The Morgan fingerprint density at radius 3 is 2.75 bits per heavy atom. The first kappa shape index (κ1) is 23.9. The first-order chi connectivity index (χ1) is 17.5. The number of benzene rings is 1. The van der Waals surface area contributed by atoms with Gasteiger partial charge in [0.25, 0.3) is 5.91 Å². The van der Waals surface area contributed by atoms with Crippen LogP contribution < -0.4 is 15.0 Å². The van der Waals surface area contributed by atoms with Crippen molar-refractivity contribution in [3.63, 3.8) is 0 Å². The molecule has 0 saturated carbocycles. The quantitative estimate of drug-likeness (QED) is 0.490. The zero-order valence-corrected chi connectivity index (χ0v) is 20.5. The number of hydrogen-bond donors (Lipinski definition) is 2. The Balaban J connectivity index is 1.36. The van der Waals surface area contributed by atoms with Gasteiger partial charge in [0.15, 0.2) is 0 Å². The molecule has 2 aromatic heterocycles. The van der Waals surface area contributed by atoms with Gasteiger partial charge in [0, 0.05) is 41.4 Å². The van der Waals surface area contributed by atoms with Crippen molar-refractivity contribution < 1.29 is 23.8 Å². The summed E-state index contributed by atoms with van der Waals surface area (Å²) in [6.45, 7) is 8.02. The Labute approximate surface area is 208 Å². The van der Waals surface area contributed by atoms with Crippen LogP contribution in [0.25, 0.3) is 10.9 Å². The minimum atomic E-state index is -0.357. The number of amides is 2. The van der Waals surface area contributed by atoms with Gasteiger partial charge in [-0.05, 0) is 37.1 Å². The lowest BCUT2D eigenvalue weighted by atomic mass is 10.1. The molecule has 11 heteroatoms. The van der Waals surface area contributed by atoms with Crippen LogP contribution in [0, 0.1) is 6.92 Å².